The second-order valence-corrected chi connectivity index (χ2v) is 7.70. The van der Waals surface area contributed by atoms with Gasteiger partial charge in [-0.25, -0.2) is 18.1 Å². The lowest BCUT2D eigenvalue weighted by molar-refractivity contribution is 0.559. The van der Waals surface area contributed by atoms with E-state index in [-0.39, 0.29) is 10.3 Å². The molecule has 114 valence electrons. The molecule has 1 atom stereocenters. The van der Waals surface area contributed by atoms with Gasteiger partial charge in [0, 0.05) is 0 Å². The van der Waals surface area contributed by atoms with Crippen LogP contribution in [0.15, 0.2) is 35.5 Å². The maximum Gasteiger partial charge on any atom is 0.241 e. The van der Waals surface area contributed by atoms with Crippen LogP contribution in [-0.4, -0.2) is 23.6 Å². The number of H-pyrrole nitrogens is 1. The predicted octanol–water partition coefficient (Wildman–Crippen LogP) is 2.14. The highest BCUT2D eigenvalue weighted by Gasteiger charge is 2.21. The van der Waals surface area contributed by atoms with Crippen molar-refractivity contribution in [2.24, 2.45) is 0 Å². The lowest BCUT2D eigenvalue weighted by Crippen LogP contribution is -2.27. The molecule has 1 aromatic carbocycles. The van der Waals surface area contributed by atoms with Crippen molar-refractivity contribution in [3.8, 4) is 0 Å². The van der Waals surface area contributed by atoms with Crippen LogP contribution in [0.1, 0.15) is 45.1 Å². The van der Waals surface area contributed by atoms with Crippen LogP contribution in [0.5, 0.6) is 0 Å². The summed E-state index contributed by atoms with van der Waals surface area (Å²) in [4.78, 5) is 4.18. The molecule has 2 aromatic rings. The Kier molecular flexibility index (Phi) is 4.15. The van der Waals surface area contributed by atoms with Gasteiger partial charge < -0.3 is 0 Å². The van der Waals surface area contributed by atoms with Crippen LogP contribution in [0.3, 0.4) is 0 Å². The molecule has 0 amide bonds. The van der Waals surface area contributed by atoms with Gasteiger partial charge >= 0.3 is 0 Å². The molecule has 1 unspecified atom stereocenters. The van der Waals surface area contributed by atoms with E-state index in [1.165, 1.54) is 6.33 Å². The molecular formula is C14H20N4O2S. The van der Waals surface area contributed by atoms with E-state index in [4.69, 9.17) is 0 Å². The first-order valence-corrected chi connectivity index (χ1v) is 8.16. The van der Waals surface area contributed by atoms with E-state index >= 15 is 0 Å². The van der Waals surface area contributed by atoms with Crippen LogP contribution in [0.4, 0.5) is 0 Å². The molecule has 21 heavy (non-hydrogen) atoms. The van der Waals surface area contributed by atoms with Crippen molar-refractivity contribution < 1.29 is 8.42 Å². The maximum atomic E-state index is 12.3. The van der Waals surface area contributed by atoms with Crippen molar-refractivity contribution >= 4 is 10.0 Å². The van der Waals surface area contributed by atoms with Gasteiger partial charge in [0.2, 0.25) is 10.0 Å². The average Bonchev–Trinajstić information content (AvgIpc) is 2.91. The molecular weight excluding hydrogens is 288 g/mol. The second-order valence-electron chi connectivity index (χ2n) is 5.99. The lowest BCUT2D eigenvalue weighted by Gasteiger charge is -2.19. The van der Waals surface area contributed by atoms with Crippen molar-refractivity contribution in [2.75, 3.05) is 0 Å². The van der Waals surface area contributed by atoms with Crippen molar-refractivity contribution in [3.63, 3.8) is 0 Å². The summed E-state index contributed by atoms with van der Waals surface area (Å²) in [6, 6.07) is 6.45. The summed E-state index contributed by atoms with van der Waals surface area (Å²) in [5.41, 5.74) is 1.08. The first-order valence-electron chi connectivity index (χ1n) is 6.68. The zero-order valence-electron chi connectivity index (χ0n) is 12.6. The number of aromatic nitrogens is 3. The smallest absolute Gasteiger partial charge is 0.241 e. The highest BCUT2D eigenvalue weighted by Crippen LogP contribution is 2.23. The van der Waals surface area contributed by atoms with Crippen LogP contribution in [0.25, 0.3) is 0 Å². The summed E-state index contributed by atoms with van der Waals surface area (Å²) < 4.78 is 27.2. The van der Waals surface area contributed by atoms with E-state index in [1.54, 1.807) is 19.1 Å². The molecule has 7 heteroatoms. The standard InChI is InChI=1S/C14H20N4O2S/c1-10(13-15-9-16-17-13)18-21(19,20)12-7-5-11(6-8-12)14(2,3)4/h5-10,18H,1-4H3,(H,15,16,17). The molecule has 0 aliphatic heterocycles. The third kappa shape index (κ3) is 3.68. The number of nitrogens with zero attached hydrogens (tertiary/aromatic N) is 2. The van der Waals surface area contributed by atoms with Gasteiger partial charge in [0.1, 0.15) is 12.2 Å². The normalized spacial score (nSPS) is 14.1. The molecule has 1 heterocycles. The average molecular weight is 308 g/mol. The Hall–Kier alpha value is -1.73. The fourth-order valence-electron chi connectivity index (χ4n) is 1.91. The Labute approximate surface area is 125 Å². The van der Waals surface area contributed by atoms with Crippen molar-refractivity contribution in [1.29, 1.82) is 0 Å². The highest BCUT2D eigenvalue weighted by molar-refractivity contribution is 7.89. The molecule has 6 nitrogen and oxygen atoms in total. The molecule has 0 radical (unpaired) electrons. The van der Waals surface area contributed by atoms with E-state index in [0.29, 0.717) is 5.82 Å². The Balaban J connectivity index is 2.20. The third-order valence-corrected chi connectivity index (χ3v) is 4.76. The van der Waals surface area contributed by atoms with Crippen LogP contribution in [0.2, 0.25) is 0 Å². The summed E-state index contributed by atoms with van der Waals surface area (Å²) in [7, 11) is -3.59. The summed E-state index contributed by atoms with van der Waals surface area (Å²) in [5, 5.41) is 6.37. The quantitative estimate of drug-likeness (QED) is 0.906. The maximum absolute atomic E-state index is 12.3. The van der Waals surface area contributed by atoms with Crippen LogP contribution >= 0.6 is 0 Å². The van der Waals surface area contributed by atoms with Crippen LogP contribution in [0, 0.1) is 0 Å². The molecule has 0 saturated heterocycles. The predicted molar refractivity (Wildman–Crippen MR) is 80.3 cm³/mol. The van der Waals surface area contributed by atoms with Crippen LogP contribution in [-0.2, 0) is 15.4 Å². The summed E-state index contributed by atoms with van der Waals surface area (Å²) in [6.07, 6.45) is 1.35. The van der Waals surface area contributed by atoms with Crippen molar-refractivity contribution in [2.45, 2.75) is 44.0 Å². The molecule has 2 rings (SSSR count). The number of benzene rings is 1. The van der Waals surface area contributed by atoms with E-state index in [1.807, 2.05) is 12.1 Å². The van der Waals surface area contributed by atoms with E-state index in [0.717, 1.165) is 5.56 Å². The molecule has 0 bridgehead atoms. The van der Waals surface area contributed by atoms with Gasteiger partial charge in [0.05, 0.1) is 10.9 Å². The fraction of sp³-hybridized carbons (Fsp3) is 0.429. The largest absolute Gasteiger partial charge is 0.262 e. The zero-order valence-corrected chi connectivity index (χ0v) is 13.4. The first-order chi connectivity index (χ1) is 9.70. The molecule has 0 aliphatic rings. The number of aromatic amines is 1. The van der Waals surface area contributed by atoms with Gasteiger partial charge in [-0.2, -0.15) is 5.10 Å². The lowest BCUT2D eigenvalue weighted by atomic mass is 9.87. The van der Waals surface area contributed by atoms with Gasteiger partial charge in [-0.3, -0.25) is 5.10 Å². The minimum atomic E-state index is -3.59. The minimum Gasteiger partial charge on any atom is -0.262 e. The molecule has 0 aliphatic carbocycles. The van der Waals surface area contributed by atoms with Crippen molar-refractivity contribution in [1.82, 2.24) is 19.9 Å². The zero-order chi connectivity index (χ0) is 15.7. The van der Waals surface area contributed by atoms with Gasteiger partial charge in [-0.15, -0.1) is 0 Å². The summed E-state index contributed by atoms with van der Waals surface area (Å²) in [5.74, 6) is 0.477. The minimum absolute atomic E-state index is 0.0111. The summed E-state index contributed by atoms with van der Waals surface area (Å²) in [6.45, 7) is 7.96. The number of rotatable bonds is 4. The van der Waals surface area contributed by atoms with Gasteiger partial charge in [0.15, 0.2) is 0 Å². The van der Waals surface area contributed by atoms with Gasteiger partial charge in [-0.1, -0.05) is 32.9 Å². The van der Waals surface area contributed by atoms with E-state index in [9.17, 15) is 8.42 Å². The Bertz CT molecular complexity index is 686. The van der Waals surface area contributed by atoms with Crippen molar-refractivity contribution in [3.05, 3.63) is 42.0 Å². The highest BCUT2D eigenvalue weighted by atomic mass is 32.2. The molecule has 0 fully saturated rings. The SMILES string of the molecule is CC(NS(=O)(=O)c1ccc(C(C)(C)C)cc1)c1ncn[nH]1. The summed E-state index contributed by atoms with van der Waals surface area (Å²) >= 11 is 0. The number of hydrogen-bond acceptors (Lipinski definition) is 4. The monoisotopic (exact) mass is 308 g/mol. The Morgan fingerprint density at radius 3 is 2.29 bits per heavy atom. The second kappa shape index (κ2) is 5.57. The van der Waals surface area contributed by atoms with Crippen LogP contribution < -0.4 is 4.72 Å². The Morgan fingerprint density at radius 2 is 1.81 bits per heavy atom. The number of hydrogen-bond donors (Lipinski definition) is 2. The fourth-order valence-corrected chi connectivity index (χ4v) is 3.12. The first kappa shape index (κ1) is 15.7. The van der Waals surface area contributed by atoms with E-state index < -0.39 is 16.1 Å². The molecule has 0 spiro atoms. The Morgan fingerprint density at radius 1 is 1.19 bits per heavy atom. The molecule has 0 saturated carbocycles. The number of nitrogens with one attached hydrogen (secondary N) is 2. The topological polar surface area (TPSA) is 87.7 Å². The molecule has 1 aromatic heterocycles. The molecule has 2 N–H and O–H groups in total. The third-order valence-electron chi connectivity index (χ3n) is 3.21. The van der Waals surface area contributed by atoms with Gasteiger partial charge in [0.25, 0.3) is 0 Å². The van der Waals surface area contributed by atoms with Gasteiger partial charge in [-0.05, 0) is 30.0 Å². The van der Waals surface area contributed by atoms with E-state index in [2.05, 4.69) is 40.7 Å². The number of sulfonamides is 1.